The number of fused-ring (bicyclic) bond motifs is 1. The third kappa shape index (κ3) is 3.74. The van der Waals surface area contributed by atoms with Crippen molar-refractivity contribution in [3.8, 4) is 0 Å². The van der Waals surface area contributed by atoms with Crippen molar-refractivity contribution in [1.29, 1.82) is 0 Å². The number of benzene rings is 1. The molecule has 0 atom stereocenters. The molecule has 0 saturated carbocycles. The van der Waals surface area contributed by atoms with Crippen LogP contribution in [0, 0.1) is 5.92 Å². The first kappa shape index (κ1) is 14.8. The summed E-state index contributed by atoms with van der Waals surface area (Å²) >= 11 is 1.82. The molecule has 0 spiro atoms. The molecule has 2 aromatic rings. The van der Waals surface area contributed by atoms with Crippen LogP contribution in [0.1, 0.15) is 33.6 Å². The standard InChI is InChI=1S/C17H25N3S/c1-17(2,3)18-12-13-8-10-20(11-9-13)16-19-14-6-4-5-7-15(14)21-16/h4-7,13,18H,8-12H2,1-3H3. The van der Waals surface area contributed by atoms with E-state index in [-0.39, 0.29) is 5.54 Å². The van der Waals surface area contributed by atoms with Gasteiger partial charge < -0.3 is 10.2 Å². The monoisotopic (exact) mass is 303 g/mol. The van der Waals surface area contributed by atoms with Gasteiger partial charge in [-0.25, -0.2) is 4.98 Å². The highest BCUT2D eigenvalue weighted by Crippen LogP contribution is 2.31. The van der Waals surface area contributed by atoms with Gasteiger partial charge in [0.05, 0.1) is 10.2 Å². The molecular weight excluding hydrogens is 278 g/mol. The van der Waals surface area contributed by atoms with E-state index in [9.17, 15) is 0 Å². The number of piperidine rings is 1. The van der Waals surface area contributed by atoms with Crippen LogP contribution in [0.15, 0.2) is 24.3 Å². The third-order valence-corrected chi connectivity index (χ3v) is 5.19. The lowest BCUT2D eigenvalue weighted by molar-refractivity contribution is 0.329. The van der Waals surface area contributed by atoms with E-state index in [1.165, 1.54) is 22.7 Å². The lowest BCUT2D eigenvalue weighted by Crippen LogP contribution is -2.42. The lowest BCUT2D eigenvalue weighted by atomic mass is 9.96. The van der Waals surface area contributed by atoms with Crippen LogP contribution >= 0.6 is 11.3 Å². The molecule has 1 N–H and O–H groups in total. The zero-order valence-electron chi connectivity index (χ0n) is 13.2. The van der Waals surface area contributed by atoms with Crippen molar-refractivity contribution in [2.45, 2.75) is 39.2 Å². The van der Waals surface area contributed by atoms with Crippen LogP contribution in [-0.2, 0) is 0 Å². The Morgan fingerprint density at radius 3 is 2.62 bits per heavy atom. The van der Waals surface area contributed by atoms with Gasteiger partial charge in [0.25, 0.3) is 0 Å². The molecule has 1 aliphatic heterocycles. The molecule has 0 bridgehead atoms. The van der Waals surface area contributed by atoms with Crippen molar-refractivity contribution in [3.05, 3.63) is 24.3 Å². The molecule has 0 radical (unpaired) electrons. The first-order valence-corrected chi connectivity index (χ1v) is 8.68. The van der Waals surface area contributed by atoms with E-state index >= 15 is 0 Å². The van der Waals surface area contributed by atoms with E-state index in [0.29, 0.717) is 0 Å². The summed E-state index contributed by atoms with van der Waals surface area (Å²) in [4.78, 5) is 7.23. The fourth-order valence-corrected chi connectivity index (χ4v) is 3.79. The highest BCUT2D eigenvalue weighted by atomic mass is 32.1. The molecule has 0 aliphatic carbocycles. The molecule has 0 amide bonds. The average molecular weight is 303 g/mol. The predicted molar refractivity (Wildman–Crippen MR) is 92.3 cm³/mol. The second kappa shape index (κ2) is 5.93. The SMILES string of the molecule is CC(C)(C)NCC1CCN(c2nc3ccccc3s2)CC1. The highest BCUT2D eigenvalue weighted by molar-refractivity contribution is 7.22. The summed E-state index contributed by atoms with van der Waals surface area (Å²) in [6.45, 7) is 10.1. The number of thiazole rings is 1. The Hall–Kier alpha value is -1.13. The maximum atomic E-state index is 4.78. The van der Waals surface area contributed by atoms with Crippen molar-refractivity contribution in [3.63, 3.8) is 0 Å². The number of nitrogens with zero attached hydrogens (tertiary/aromatic N) is 2. The number of anilines is 1. The van der Waals surface area contributed by atoms with Gasteiger partial charge in [-0.1, -0.05) is 23.5 Å². The molecule has 1 aromatic heterocycles. The minimum Gasteiger partial charge on any atom is -0.348 e. The van der Waals surface area contributed by atoms with Crippen molar-refractivity contribution in [1.82, 2.24) is 10.3 Å². The van der Waals surface area contributed by atoms with Gasteiger partial charge in [-0.3, -0.25) is 0 Å². The molecule has 1 aromatic carbocycles. The van der Waals surface area contributed by atoms with Gasteiger partial charge in [0.1, 0.15) is 0 Å². The van der Waals surface area contributed by atoms with E-state index in [2.05, 4.69) is 55.3 Å². The number of rotatable bonds is 3. The van der Waals surface area contributed by atoms with Crippen molar-refractivity contribution >= 4 is 26.7 Å². The minimum absolute atomic E-state index is 0.226. The Balaban J connectivity index is 1.58. The van der Waals surface area contributed by atoms with E-state index in [0.717, 1.165) is 31.1 Å². The zero-order chi connectivity index (χ0) is 14.9. The molecule has 3 nitrogen and oxygen atoms in total. The van der Waals surface area contributed by atoms with Crippen molar-refractivity contribution < 1.29 is 0 Å². The smallest absolute Gasteiger partial charge is 0.186 e. The maximum Gasteiger partial charge on any atom is 0.186 e. The first-order valence-electron chi connectivity index (χ1n) is 7.87. The van der Waals surface area contributed by atoms with E-state index < -0.39 is 0 Å². The Kier molecular flexibility index (Phi) is 4.18. The quantitative estimate of drug-likeness (QED) is 0.932. The Labute approximate surface area is 131 Å². The van der Waals surface area contributed by atoms with Crippen LogP contribution in [-0.4, -0.2) is 30.2 Å². The van der Waals surface area contributed by atoms with Gasteiger partial charge in [-0.15, -0.1) is 0 Å². The van der Waals surface area contributed by atoms with Crippen molar-refractivity contribution in [2.24, 2.45) is 5.92 Å². The van der Waals surface area contributed by atoms with Crippen LogP contribution < -0.4 is 10.2 Å². The molecule has 2 heterocycles. The summed E-state index contributed by atoms with van der Waals surface area (Å²) in [5, 5.41) is 4.83. The van der Waals surface area contributed by atoms with Gasteiger partial charge in [0.2, 0.25) is 0 Å². The number of hydrogen-bond donors (Lipinski definition) is 1. The van der Waals surface area contributed by atoms with Crippen LogP contribution in [0.5, 0.6) is 0 Å². The van der Waals surface area contributed by atoms with Gasteiger partial charge in [-0.05, 0) is 58.2 Å². The normalized spacial score (nSPS) is 17.6. The number of aromatic nitrogens is 1. The Morgan fingerprint density at radius 2 is 1.95 bits per heavy atom. The second-order valence-electron chi connectivity index (χ2n) is 7.03. The number of nitrogens with one attached hydrogen (secondary N) is 1. The molecular formula is C17H25N3S. The zero-order valence-corrected chi connectivity index (χ0v) is 14.0. The maximum absolute atomic E-state index is 4.78. The third-order valence-electron chi connectivity index (χ3n) is 4.09. The van der Waals surface area contributed by atoms with Crippen LogP contribution in [0.4, 0.5) is 5.13 Å². The van der Waals surface area contributed by atoms with Gasteiger partial charge in [-0.2, -0.15) is 0 Å². The van der Waals surface area contributed by atoms with E-state index in [4.69, 9.17) is 4.98 Å². The van der Waals surface area contributed by atoms with Gasteiger partial charge in [0.15, 0.2) is 5.13 Å². The molecule has 4 heteroatoms. The van der Waals surface area contributed by atoms with Gasteiger partial charge in [0, 0.05) is 18.6 Å². The molecule has 1 fully saturated rings. The fourth-order valence-electron chi connectivity index (χ4n) is 2.77. The Morgan fingerprint density at radius 1 is 1.24 bits per heavy atom. The predicted octanol–water partition coefficient (Wildman–Crippen LogP) is 3.90. The number of para-hydroxylation sites is 1. The summed E-state index contributed by atoms with van der Waals surface area (Å²) in [5.41, 5.74) is 1.36. The lowest BCUT2D eigenvalue weighted by Gasteiger charge is -2.33. The van der Waals surface area contributed by atoms with Gasteiger partial charge >= 0.3 is 0 Å². The van der Waals surface area contributed by atoms with E-state index in [1.54, 1.807) is 0 Å². The molecule has 21 heavy (non-hydrogen) atoms. The summed E-state index contributed by atoms with van der Waals surface area (Å²) in [6.07, 6.45) is 2.53. The van der Waals surface area contributed by atoms with Crippen LogP contribution in [0.25, 0.3) is 10.2 Å². The van der Waals surface area contributed by atoms with Crippen LogP contribution in [0.2, 0.25) is 0 Å². The largest absolute Gasteiger partial charge is 0.348 e. The molecule has 0 unspecified atom stereocenters. The van der Waals surface area contributed by atoms with Crippen LogP contribution in [0.3, 0.4) is 0 Å². The molecule has 1 saturated heterocycles. The molecule has 3 rings (SSSR count). The Bertz CT molecular complexity index is 558. The summed E-state index contributed by atoms with van der Waals surface area (Å²) < 4.78 is 1.30. The summed E-state index contributed by atoms with van der Waals surface area (Å²) in [5.74, 6) is 0.801. The average Bonchev–Trinajstić information content (AvgIpc) is 2.89. The number of hydrogen-bond acceptors (Lipinski definition) is 4. The second-order valence-corrected chi connectivity index (χ2v) is 8.03. The topological polar surface area (TPSA) is 28.2 Å². The minimum atomic E-state index is 0.226. The van der Waals surface area contributed by atoms with E-state index in [1.807, 2.05) is 11.3 Å². The molecule has 114 valence electrons. The fraction of sp³-hybridized carbons (Fsp3) is 0.588. The highest BCUT2D eigenvalue weighted by Gasteiger charge is 2.22. The summed E-state index contributed by atoms with van der Waals surface area (Å²) in [6, 6.07) is 8.43. The first-order chi connectivity index (χ1) is 10.0. The molecule has 1 aliphatic rings. The van der Waals surface area contributed by atoms with Crippen molar-refractivity contribution in [2.75, 3.05) is 24.5 Å². The summed E-state index contributed by atoms with van der Waals surface area (Å²) in [7, 11) is 0.